The van der Waals surface area contributed by atoms with Gasteiger partial charge >= 0.3 is 0 Å². The van der Waals surface area contributed by atoms with Crippen molar-refractivity contribution < 1.29 is 4.74 Å². The highest BCUT2D eigenvalue weighted by molar-refractivity contribution is 6.19. The minimum Gasteiger partial charge on any atom is -0.359 e. The van der Waals surface area contributed by atoms with E-state index < -0.39 is 0 Å². The first-order valence-electron chi connectivity index (χ1n) is 3.53. The van der Waals surface area contributed by atoms with E-state index in [0.29, 0.717) is 12.0 Å². The van der Waals surface area contributed by atoms with Crippen LogP contribution in [0.4, 0.5) is 0 Å². The molecule has 0 amide bonds. The number of alkyl halides is 1. The van der Waals surface area contributed by atoms with Gasteiger partial charge in [-0.1, -0.05) is 25.4 Å². The van der Waals surface area contributed by atoms with Gasteiger partial charge in [-0.25, -0.2) is 0 Å². The lowest BCUT2D eigenvalue weighted by atomic mass is 10.0. The van der Waals surface area contributed by atoms with Crippen molar-refractivity contribution >= 4 is 11.6 Å². The Morgan fingerprint density at radius 3 is 2.56 bits per heavy atom. The van der Waals surface area contributed by atoms with Crippen molar-refractivity contribution in [3.63, 3.8) is 0 Å². The standard InChI is InChI=1S/C7H13ClO/c1-3-6-5(2)4-7(8)9-6/h5-7H,3-4H2,1-2H3/t5-,6+,7?/m0/s1. The van der Waals surface area contributed by atoms with Crippen molar-refractivity contribution in [2.75, 3.05) is 0 Å². The van der Waals surface area contributed by atoms with E-state index in [1.165, 1.54) is 0 Å². The molecule has 1 unspecified atom stereocenters. The third-order valence-corrected chi connectivity index (χ3v) is 2.20. The Kier molecular flexibility index (Phi) is 2.36. The summed E-state index contributed by atoms with van der Waals surface area (Å²) in [4.78, 5) is 0. The van der Waals surface area contributed by atoms with Crippen LogP contribution in [0.5, 0.6) is 0 Å². The zero-order chi connectivity index (χ0) is 6.85. The molecule has 0 spiro atoms. The zero-order valence-electron chi connectivity index (χ0n) is 5.93. The molecule has 0 N–H and O–H groups in total. The Labute approximate surface area is 61.3 Å². The van der Waals surface area contributed by atoms with Gasteiger partial charge in [0.2, 0.25) is 0 Å². The zero-order valence-corrected chi connectivity index (χ0v) is 6.69. The van der Waals surface area contributed by atoms with Gasteiger partial charge in [-0.3, -0.25) is 0 Å². The number of rotatable bonds is 1. The van der Waals surface area contributed by atoms with E-state index in [0.717, 1.165) is 12.8 Å². The van der Waals surface area contributed by atoms with E-state index in [1.54, 1.807) is 0 Å². The molecule has 3 atom stereocenters. The van der Waals surface area contributed by atoms with Crippen molar-refractivity contribution in [2.24, 2.45) is 5.92 Å². The Morgan fingerprint density at radius 2 is 2.33 bits per heavy atom. The van der Waals surface area contributed by atoms with Crippen molar-refractivity contribution in [3.8, 4) is 0 Å². The summed E-state index contributed by atoms with van der Waals surface area (Å²) in [5, 5.41) is 0. The van der Waals surface area contributed by atoms with Crippen LogP contribution in [0, 0.1) is 5.92 Å². The number of hydrogen-bond donors (Lipinski definition) is 0. The molecule has 0 radical (unpaired) electrons. The molecule has 1 heterocycles. The molecule has 0 bridgehead atoms. The van der Waals surface area contributed by atoms with Crippen molar-refractivity contribution in [1.82, 2.24) is 0 Å². The lowest BCUT2D eigenvalue weighted by Gasteiger charge is -2.09. The van der Waals surface area contributed by atoms with Gasteiger partial charge in [0.05, 0.1) is 6.10 Å². The monoisotopic (exact) mass is 148 g/mol. The predicted octanol–water partition coefficient (Wildman–Crippen LogP) is 2.39. The Hall–Kier alpha value is 0.250. The predicted molar refractivity (Wildman–Crippen MR) is 38.6 cm³/mol. The van der Waals surface area contributed by atoms with E-state index in [2.05, 4.69) is 13.8 Å². The summed E-state index contributed by atoms with van der Waals surface area (Å²) >= 11 is 5.76. The molecule has 2 heteroatoms. The molecular formula is C7H13ClO. The number of halogens is 1. The second-order valence-corrected chi connectivity index (χ2v) is 3.19. The summed E-state index contributed by atoms with van der Waals surface area (Å²) < 4.78 is 5.39. The van der Waals surface area contributed by atoms with Crippen LogP contribution in [0.15, 0.2) is 0 Å². The average Bonchev–Trinajstić information content (AvgIpc) is 2.10. The van der Waals surface area contributed by atoms with Gasteiger partial charge in [0, 0.05) is 0 Å². The van der Waals surface area contributed by atoms with Gasteiger partial charge in [-0.2, -0.15) is 0 Å². The molecule has 1 saturated heterocycles. The molecule has 0 aliphatic carbocycles. The van der Waals surface area contributed by atoms with Crippen LogP contribution in [0.2, 0.25) is 0 Å². The molecule has 1 rings (SSSR count). The highest BCUT2D eigenvalue weighted by Crippen LogP contribution is 2.29. The van der Waals surface area contributed by atoms with Crippen LogP contribution < -0.4 is 0 Å². The third-order valence-electron chi connectivity index (χ3n) is 1.92. The van der Waals surface area contributed by atoms with E-state index in [9.17, 15) is 0 Å². The first-order chi connectivity index (χ1) is 4.24. The first-order valence-corrected chi connectivity index (χ1v) is 3.97. The van der Waals surface area contributed by atoms with Gasteiger partial charge in [0.25, 0.3) is 0 Å². The molecule has 1 aliphatic rings. The maximum absolute atomic E-state index is 5.76. The summed E-state index contributed by atoms with van der Waals surface area (Å²) in [5.74, 6) is 0.650. The molecule has 54 valence electrons. The molecule has 0 saturated carbocycles. The van der Waals surface area contributed by atoms with Crippen LogP contribution in [0.25, 0.3) is 0 Å². The fourth-order valence-electron chi connectivity index (χ4n) is 1.32. The van der Waals surface area contributed by atoms with E-state index >= 15 is 0 Å². The summed E-state index contributed by atoms with van der Waals surface area (Å²) in [6.45, 7) is 4.33. The second kappa shape index (κ2) is 2.89. The maximum atomic E-state index is 5.76. The molecule has 9 heavy (non-hydrogen) atoms. The van der Waals surface area contributed by atoms with Crippen molar-refractivity contribution in [2.45, 2.75) is 38.4 Å². The van der Waals surface area contributed by atoms with Crippen molar-refractivity contribution in [3.05, 3.63) is 0 Å². The summed E-state index contributed by atoms with van der Waals surface area (Å²) in [7, 11) is 0. The van der Waals surface area contributed by atoms with Gasteiger partial charge in [-0.05, 0) is 18.8 Å². The highest BCUT2D eigenvalue weighted by atomic mass is 35.5. The normalized spacial score (nSPS) is 43.7. The maximum Gasteiger partial charge on any atom is 0.131 e. The van der Waals surface area contributed by atoms with Gasteiger partial charge in [-0.15, -0.1) is 0 Å². The molecule has 1 nitrogen and oxygen atoms in total. The SMILES string of the molecule is CC[C@H]1OC(Cl)C[C@@H]1C. The van der Waals surface area contributed by atoms with E-state index in [-0.39, 0.29) is 5.56 Å². The molecule has 1 fully saturated rings. The fraction of sp³-hybridized carbons (Fsp3) is 1.00. The Morgan fingerprint density at radius 1 is 1.67 bits per heavy atom. The molecular weight excluding hydrogens is 136 g/mol. The van der Waals surface area contributed by atoms with E-state index in [1.807, 2.05) is 0 Å². The summed E-state index contributed by atoms with van der Waals surface area (Å²) in [5.41, 5.74) is -0.0232. The van der Waals surface area contributed by atoms with Crippen LogP contribution in [-0.4, -0.2) is 11.7 Å². The summed E-state index contributed by atoms with van der Waals surface area (Å²) in [6, 6.07) is 0. The highest BCUT2D eigenvalue weighted by Gasteiger charge is 2.28. The van der Waals surface area contributed by atoms with Crippen molar-refractivity contribution in [1.29, 1.82) is 0 Å². The molecule has 0 aromatic rings. The lowest BCUT2D eigenvalue weighted by molar-refractivity contribution is 0.0721. The molecule has 0 aromatic heterocycles. The minimum absolute atomic E-state index is 0.0232. The molecule has 1 aliphatic heterocycles. The fourth-order valence-corrected chi connectivity index (χ4v) is 1.74. The van der Waals surface area contributed by atoms with Gasteiger partial charge in [0.15, 0.2) is 0 Å². The van der Waals surface area contributed by atoms with Crippen LogP contribution in [-0.2, 0) is 4.74 Å². The minimum atomic E-state index is -0.0232. The average molecular weight is 149 g/mol. The van der Waals surface area contributed by atoms with E-state index in [4.69, 9.17) is 16.3 Å². The lowest BCUT2D eigenvalue weighted by Crippen LogP contribution is -2.11. The van der Waals surface area contributed by atoms with Crippen LogP contribution >= 0.6 is 11.6 Å². The van der Waals surface area contributed by atoms with Gasteiger partial charge in [0.1, 0.15) is 5.56 Å². The Balaban J connectivity index is 2.38. The summed E-state index contributed by atoms with van der Waals surface area (Å²) in [6.07, 6.45) is 2.51. The quantitative estimate of drug-likeness (QED) is 0.519. The molecule has 0 aromatic carbocycles. The first kappa shape index (κ1) is 7.36. The smallest absolute Gasteiger partial charge is 0.131 e. The number of hydrogen-bond acceptors (Lipinski definition) is 1. The van der Waals surface area contributed by atoms with Crippen LogP contribution in [0.1, 0.15) is 26.7 Å². The number of ether oxygens (including phenoxy) is 1. The van der Waals surface area contributed by atoms with Crippen LogP contribution in [0.3, 0.4) is 0 Å². The Bertz CT molecular complexity index is 94.9. The third kappa shape index (κ3) is 1.59. The van der Waals surface area contributed by atoms with Gasteiger partial charge < -0.3 is 4.74 Å². The largest absolute Gasteiger partial charge is 0.359 e. The second-order valence-electron chi connectivity index (χ2n) is 2.71. The topological polar surface area (TPSA) is 9.23 Å².